The number of rotatable bonds is 46. The number of esters is 7. The lowest BCUT2D eigenvalue weighted by Crippen LogP contribution is -2.63. The Bertz CT molecular complexity index is 1720. The van der Waals surface area contributed by atoms with Gasteiger partial charge in [0.2, 0.25) is 0 Å². The molecule has 1 aliphatic heterocycles. The van der Waals surface area contributed by atoms with Crippen molar-refractivity contribution in [1.29, 1.82) is 0 Å². The van der Waals surface area contributed by atoms with Crippen LogP contribution in [-0.2, 0) is 81.0 Å². The molecule has 0 aromatic rings. The van der Waals surface area contributed by atoms with Gasteiger partial charge < -0.3 is 47.9 Å². The SMILES string of the molecule is CCCCCCCCC/C=C\CCC[C@@H](OC(C)=O)[C@@H](OC(C)=O)[C@H](CO[C@@H]1O[C@H](COC(C)=O)[C@@H](OC(C)=O)[C@H](OC(C)=O)[C@H]1OC(C)=O)NC(=O)[C@@H](CCCCCCCCCCCCCCCCCCCC)OC(C)=O. The molecule has 9 atom stereocenters. The number of allylic oxidation sites excluding steroid dienone is 2. The van der Waals surface area contributed by atoms with Gasteiger partial charge in [-0.1, -0.05) is 174 Å². The van der Waals surface area contributed by atoms with Gasteiger partial charge in [-0.15, -0.1) is 0 Å². The highest BCUT2D eigenvalue weighted by Gasteiger charge is 2.53. The van der Waals surface area contributed by atoms with Crippen LogP contribution in [0.2, 0.25) is 0 Å². The Morgan fingerprint density at radius 3 is 1.32 bits per heavy atom. The van der Waals surface area contributed by atoms with Crippen LogP contribution >= 0.6 is 0 Å². The van der Waals surface area contributed by atoms with Gasteiger partial charge in [0.05, 0.1) is 12.6 Å². The Balaban J connectivity index is 3.40. The van der Waals surface area contributed by atoms with Gasteiger partial charge >= 0.3 is 41.8 Å². The summed E-state index contributed by atoms with van der Waals surface area (Å²) >= 11 is 0. The molecule has 1 saturated heterocycles. The zero-order chi connectivity index (χ0) is 57.9. The van der Waals surface area contributed by atoms with Gasteiger partial charge in [-0.3, -0.25) is 38.4 Å². The molecule has 18 heteroatoms. The van der Waals surface area contributed by atoms with E-state index in [2.05, 4.69) is 31.3 Å². The largest absolute Gasteiger partial charge is 0.463 e. The van der Waals surface area contributed by atoms with Crippen LogP contribution in [0.5, 0.6) is 0 Å². The van der Waals surface area contributed by atoms with E-state index in [-0.39, 0.29) is 12.8 Å². The van der Waals surface area contributed by atoms with Crippen molar-refractivity contribution in [2.45, 2.75) is 310 Å². The third kappa shape index (κ3) is 35.8. The summed E-state index contributed by atoms with van der Waals surface area (Å²) in [5.74, 6) is -6.19. The van der Waals surface area contributed by atoms with Gasteiger partial charge in [0.1, 0.15) is 18.8 Å². The minimum Gasteiger partial charge on any atom is -0.463 e. The average Bonchev–Trinajstić information content (AvgIpc) is 3.36. The number of amides is 1. The van der Waals surface area contributed by atoms with Crippen LogP contribution in [0.1, 0.15) is 255 Å². The van der Waals surface area contributed by atoms with E-state index in [4.69, 9.17) is 42.6 Å². The first-order chi connectivity index (χ1) is 37.4. The monoisotopic (exact) mass is 1110 g/mol. The highest BCUT2D eigenvalue weighted by atomic mass is 16.7. The van der Waals surface area contributed by atoms with Crippen molar-refractivity contribution in [1.82, 2.24) is 5.32 Å². The van der Waals surface area contributed by atoms with Gasteiger partial charge in [-0.25, -0.2) is 0 Å². The van der Waals surface area contributed by atoms with Crippen molar-refractivity contribution in [3.8, 4) is 0 Å². The predicted octanol–water partition coefficient (Wildman–Crippen LogP) is 11.7. The van der Waals surface area contributed by atoms with Crippen molar-refractivity contribution < 1.29 is 81.0 Å². The van der Waals surface area contributed by atoms with Crippen molar-refractivity contribution >= 4 is 47.7 Å². The second-order valence-electron chi connectivity index (χ2n) is 20.9. The molecule has 0 aliphatic carbocycles. The molecule has 1 fully saturated rings. The normalized spacial score (nSPS) is 18.7. The summed E-state index contributed by atoms with van der Waals surface area (Å²) in [7, 11) is 0. The molecule has 0 bridgehead atoms. The van der Waals surface area contributed by atoms with Crippen molar-refractivity contribution in [3.05, 3.63) is 12.2 Å². The molecule has 0 radical (unpaired) electrons. The molecule has 0 spiro atoms. The van der Waals surface area contributed by atoms with Gasteiger partial charge in [-0.2, -0.15) is 0 Å². The van der Waals surface area contributed by atoms with Crippen LogP contribution in [0, 0.1) is 0 Å². The molecule has 1 N–H and O–H groups in total. The van der Waals surface area contributed by atoms with E-state index in [1.807, 2.05) is 0 Å². The third-order valence-electron chi connectivity index (χ3n) is 13.5. The molecule has 1 aliphatic rings. The molecule has 0 saturated carbocycles. The molecule has 1 amide bonds. The molecule has 78 heavy (non-hydrogen) atoms. The second kappa shape index (κ2) is 45.2. The second-order valence-corrected chi connectivity index (χ2v) is 20.9. The smallest absolute Gasteiger partial charge is 0.303 e. The molecule has 18 nitrogen and oxygen atoms in total. The molecule has 1 heterocycles. The third-order valence-corrected chi connectivity index (χ3v) is 13.5. The molecule has 450 valence electrons. The number of carbonyl (C=O) groups excluding carboxylic acids is 8. The van der Waals surface area contributed by atoms with E-state index < -0.39 is 116 Å². The van der Waals surface area contributed by atoms with E-state index >= 15 is 0 Å². The number of unbranched alkanes of at least 4 members (excludes halogenated alkanes) is 25. The minimum atomic E-state index is -1.68. The topological polar surface area (TPSA) is 232 Å². The summed E-state index contributed by atoms with van der Waals surface area (Å²) in [5.41, 5.74) is 0. The standard InChI is InChI=1S/C60H103NO17/c1-10-12-14-16-18-20-22-24-25-26-27-28-29-31-33-35-37-39-41-53(73-46(5)64)59(69)61-51(55(74-47(6)65)52(72-45(4)63)40-38-36-34-32-30-23-21-19-17-15-13-11-2)42-71-60-58(77-50(9)68)57(76-49(8)67)56(75-48(7)66)54(78-60)43-70-44(3)62/h32,34,51-58,60H,10-31,33,35-43H2,1-9H3,(H,61,69)/b34-32-/t51-,52+,53+,54+,55-,56+,57-,58+,60+/m0/s1. The first-order valence-corrected chi connectivity index (χ1v) is 29.8. The van der Waals surface area contributed by atoms with E-state index in [0.717, 1.165) is 79.6 Å². The van der Waals surface area contributed by atoms with E-state index in [1.165, 1.54) is 129 Å². The van der Waals surface area contributed by atoms with Crippen LogP contribution in [0.25, 0.3) is 0 Å². The van der Waals surface area contributed by atoms with Crippen LogP contribution in [0.15, 0.2) is 12.2 Å². The Hall–Kier alpha value is -4.58. The lowest BCUT2D eigenvalue weighted by Gasteiger charge is -2.44. The first-order valence-electron chi connectivity index (χ1n) is 29.8. The summed E-state index contributed by atoms with van der Waals surface area (Å²) in [6, 6.07) is -1.37. The Morgan fingerprint density at radius 1 is 0.449 bits per heavy atom. The number of nitrogens with one attached hydrogen (secondary N) is 1. The van der Waals surface area contributed by atoms with Gasteiger partial charge in [0, 0.05) is 48.5 Å². The fraction of sp³-hybridized carbons (Fsp3) is 0.833. The summed E-state index contributed by atoms with van der Waals surface area (Å²) in [6.07, 6.45) is 24.8. The van der Waals surface area contributed by atoms with E-state index in [1.54, 1.807) is 0 Å². The highest BCUT2D eigenvalue weighted by Crippen LogP contribution is 2.31. The van der Waals surface area contributed by atoms with Crippen molar-refractivity contribution in [2.75, 3.05) is 13.2 Å². The Labute approximate surface area is 467 Å². The predicted molar refractivity (Wildman–Crippen MR) is 295 cm³/mol. The zero-order valence-electron chi connectivity index (χ0n) is 49.4. The molecule has 0 aromatic heterocycles. The van der Waals surface area contributed by atoms with Gasteiger partial charge in [-0.05, 0) is 44.9 Å². The highest BCUT2D eigenvalue weighted by molar-refractivity contribution is 5.83. The molecular weight excluding hydrogens is 1010 g/mol. The lowest BCUT2D eigenvalue weighted by atomic mass is 9.97. The summed E-state index contributed by atoms with van der Waals surface area (Å²) in [5, 5.41) is 2.85. The maximum atomic E-state index is 14.4. The average molecular weight is 1110 g/mol. The fourth-order valence-corrected chi connectivity index (χ4v) is 9.70. The van der Waals surface area contributed by atoms with Crippen LogP contribution in [-0.4, -0.2) is 116 Å². The quantitative estimate of drug-likeness (QED) is 0.0258. The van der Waals surface area contributed by atoms with E-state index in [0.29, 0.717) is 19.3 Å². The number of ether oxygens (including phenoxy) is 9. The number of hydrogen-bond donors (Lipinski definition) is 1. The van der Waals surface area contributed by atoms with Gasteiger partial charge in [0.25, 0.3) is 5.91 Å². The van der Waals surface area contributed by atoms with Crippen LogP contribution in [0.4, 0.5) is 0 Å². The molecule has 0 unspecified atom stereocenters. The lowest BCUT2D eigenvalue weighted by molar-refractivity contribution is -0.310. The van der Waals surface area contributed by atoms with Crippen molar-refractivity contribution in [3.63, 3.8) is 0 Å². The van der Waals surface area contributed by atoms with Crippen LogP contribution < -0.4 is 5.32 Å². The zero-order valence-corrected chi connectivity index (χ0v) is 49.4. The Morgan fingerprint density at radius 2 is 0.872 bits per heavy atom. The maximum Gasteiger partial charge on any atom is 0.303 e. The van der Waals surface area contributed by atoms with E-state index in [9.17, 15) is 38.4 Å². The minimum absolute atomic E-state index is 0.175. The molecule has 0 aromatic carbocycles. The molecule has 1 rings (SSSR count). The molecular formula is C60H103NO17. The Kier molecular flexibility index (Phi) is 41.4. The fourth-order valence-electron chi connectivity index (χ4n) is 9.70. The van der Waals surface area contributed by atoms with Crippen LogP contribution in [0.3, 0.4) is 0 Å². The maximum absolute atomic E-state index is 14.4. The summed E-state index contributed by atoms with van der Waals surface area (Å²) in [6.45, 7) is 11.3. The first kappa shape index (κ1) is 71.4. The number of carbonyl (C=O) groups is 8. The number of hydrogen-bond acceptors (Lipinski definition) is 17. The summed E-state index contributed by atoms with van der Waals surface area (Å²) in [4.78, 5) is 102. The van der Waals surface area contributed by atoms with Crippen molar-refractivity contribution in [2.24, 2.45) is 0 Å². The summed E-state index contributed by atoms with van der Waals surface area (Å²) < 4.78 is 51.7. The van der Waals surface area contributed by atoms with Gasteiger partial charge in [0.15, 0.2) is 36.8 Å².